The normalized spacial score (nSPS) is 27.0. The van der Waals surface area contributed by atoms with Crippen molar-refractivity contribution in [1.29, 1.82) is 0 Å². The first-order chi connectivity index (χ1) is 20.9. The summed E-state index contributed by atoms with van der Waals surface area (Å²) in [6.07, 6.45) is -3.97. The molecule has 1 saturated heterocycles. The number of hydrogen-bond acceptors (Lipinski definition) is 9. The second kappa shape index (κ2) is 15.9. The number of carbonyl (C=O) groups excluding carboxylic acids is 6. The van der Waals surface area contributed by atoms with Gasteiger partial charge in [0.1, 0.15) is 18.1 Å². The molecule has 2 rings (SSSR count). The van der Waals surface area contributed by atoms with Crippen molar-refractivity contribution < 1.29 is 43.0 Å². The van der Waals surface area contributed by atoms with E-state index in [0.717, 1.165) is 9.80 Å². The molecule has 1 fully saturated rings. The molecule has 1 aromatic carbocycles. The molecule has 1 heterocycles. The summed E-state index contributed by atoms with van der Waals surface area (Å²) < 4.78 is 16.9. The van der Waals surface area contributed by atoms with Crippen LogP contribution in [0.1, 0.15) is 61.0 Å². The van der Waals surface area contributed by atoms with Crippen LogP contribution >= 0.6 is 0 Å². The van der Waals surface area contributed by atoms with Gasteiger partial charge in [0.2, 0.25) is 0 Å². The zero-order valence-electron chi connectivity index (χ0n) is 28.3. The lowest BCUT2D eigenvalue weighted by Gasteiger charge is -2.36. The third kappa shape index (κ3) is 9.04. The Balaban J connectivity index is 2.67. The molecule has 1 aromatic rings. The lowest BCUT2D eigenvalue weighted by molar-refractivity contribution is -0.177. The fourth-order valence-corrected chi connectivity index (χ4v) is 5.65. The molecule has 0 aliphatic carbocycles. The van der Waals surface area contributed by atoms with Crippen molar-refractivity contribution >= 4 is 35.6 Å². The summed E-state index contributed by atoms with van der Waals surface area (Å²) in [5.74, 6) is -5.79. The van der Waals surface area contributed by atoms with Crippen LogP contribution in [0.3, 0.4) is 0 Å². The molecule has 0 spiro atoms. The summed E-state index contributed by atoms with van der Waals surface area (Å²) in [4.78, 5) is 84.9. The first-order valence-electron chi connectivity index (χ1n) is 15.4. The van der Waals surface area contributed by atoms with Crippen LogP contribution in [0.5, 0.6) is 0 Å². The quantitative estimate of drug-likeness (QED) is 0.354. The highest BCUT2D eigenvalue weighted by Crippen LogP contribution is 2.22. The van der Waals surface area contributed by atoms with Gasteiger partial charge in [0.25, 0.3) is 17.7 Å². The van der Waals surface area contributed by atoms with Crippen LogP contribution in [0, 0.1) is 17.8 Å². The van der Waals surface area contributed by atoms with E-state index in [-0.39, 0.29) is 6.42 Å². The predicted molar refractivity (Wildman–Crippen MR) is 165 cm³/mol. The summed E-state index contributed by atoms with van der Waals surface area (Å²) in [5.41, 5.74) is 0.705. The minimum absolute atomic E-state index is 0.00236. The second-order valence-corrected chi connectivity index (χ2v) is 12.7. The molecular weight excluding hydrogens is 582 g/mol. The maximum Gasteiger partial charge on any atom is 0.329 e. The molecule has 3 amide bonds. The Morgan fingerprint density at radius 1 is 0.556 bits per heavy atom. The number of benzene rings is 1. The first kappa shape index (κ1) is 37.2. The fourth-order valence-electron chi connectivity index (χ4n) is 5.65. The SMILES string of the molecule is CC(C)[C@H]1C(=O)O[C@H](Cc2ccccc2)C(=O)N(C)[C@@H](C(C)C)C(=O)O[C@H](C)C(=O)N(C)[C@@H](C(C)C)C(=O)O[C@H](C)C(=O)N1C. The van der Waals surface area contributed by atoms with Gasteiger partial charge in [-0.25, -0.2) is 14.4 Å². The molecule has 1 aliphatic rings. The molecule has 0 unspecified atom stereocenters. The van der Waals surface area contributed by atoms with Gasteiger partial charge in [0, 0.05) is 27.6 Å². The standard InChI is InChI=1S/C33H49N3O9/c1-18(2)25-31(40)43-22(8)29(38)35(10)27(20(5)6)33(42)45-24(17-23-15-13-12-14-16-23)30(39)36(11)26(19(3)4)32(41)44-21(7)28(37)34(25)9/h12-16,18-22,24-27H,17H2,1-11H3/t21-,22-,24-,25+,26+,27+/m1/s1. The van der Waals surface area contributed by atoms with E-state index in [9.17, 15) is 28.8 Å². The van der Waals surface area contributed by atoms with Gasteiger partial charge in [-0.3, -0.25) is 14.4 Å². The van der Waals surface area contributed by atoms with Crippen LogP contribution in [-0.4, -0.2) is 108 Å². The second-order valence-electron chi connectivity index (χ2n) is 12.7. The largest absolute Gasteiger partial charge is 0.451 e. The van der Waals surface area contributed by atoms with Crippen molar-refractivity contribution in [1.82, 2.24) is 14.7 Å². The van der Waals surface area contributed by atoms with Gasteiger partial charge >= 0.3 is 17.9 Å². The molecule has 250 valence electrons. The van der Waals surface area contributed by atoms with Gasteiger partial charge in [-0.15, -0.1) is 0 Å². The maximum atomic E-state index is 14.0. The number of amides is 3. The van der Waals surface area contributed by atoms with Crippen LogP contribution in [0.15, 0.2) is 30.3 Å². The number of carbonyl (C=O) groups is 6. The number of rotatable bonds is 5. The molecule has 6 atom stereocenters. The third-order valence-corrected chi connectivity index (χ3v) is 7.99. The smallest absolute Gasteiger partial charge is 0.329 e. The molecule has 12 nitrogen and oxygen atoms in total. The van der Waals surface area contributed by atoms with E-state index in [4.69, 9.17) is 14.2 Å². The highest BCUT2D eigenvalue weighted by molar-refractivity contribution is 5.93. The van der Waals surface area contributed by atoms with Gasteiger partial charge in [0.15, 0.2) is 18.3 Å². The Bertz CT molecular complexity index is 1230. The Morgan fingerprint density at radius 2 is 0.889 bits per heavy atom. The van der Waals surface area contributed by atoms with Crippen molar-refractivity contribution in [2.75, 3.05) is 21.1 Å². The van der Waals surface area contributed by atoms with Gasteiger partial charge in [-0.05, 0) is 37.2 Å². The van der Waals surface area contributed by atoms with Crippen molar-refractivity contribution in [2.45, 2.75) is 98.2 Å². The number of ether oxygens (including phenoxy) is 3. The zero-order valence-corrected chi connectivity index (χ0v) is 28.3. The monoisotopic (exact) mass is 631 g/mol. The zero-order chi connectivity index (χ0) is 34.3. The van der Waals surface area contributed by atoms with Crippen LogP contribution < -0.4 is 0 Å². The molecule has 45 heavy (non-hydrogen) atoms. The minimum Gasteiger partial charge on any atom is -0.451 e. The highest BCUT2D eigenvalue weighted by atomic mass is 16.6. The summed E-state index contributed by atoms with van der Waals surface area (Å²) in [7, 11) is 4.21. The third-order valence-electron chi connectivity index (χ3n) is 7.99. The highest BCUT2D eigenvalue weighted by Gasteiger charge is 2.42. The molecule has 0 saturated carbocycles. The summed E-state index contributed by atoms with van der Waals surface area (Å²) >= 11 is 0. The van der Waals surface area contributed by atoms with E-state index in [1.54, 1.807) is 65.8 Å². The van der Waals surface area contributed by atoms with E-state index < -0.39 is 89.8 Å². The van der Waals surface area contributed by atoms with Crippen molar-refractivity contribution in [3.05, 3.63) is 35.9 Å². The topological polar surface area (TPSA) is 140 Å². The molecule has 0 aromatic heterocycles. The first-order valence-corrected chi connectivity index (χ1v) is 15.4. The average Bonchev–Trinajstić information content (AvgIpc) is 2.94. The summed E-state index contributed by atoms with van der Waals surface area (Å²) in [6.45, 7) is 13.1. The average molecular weight is 632 g/mol. The predicted octanol–water partition coefficient (Wildman–Crippen LogP) is 2.47. The molecule has 0 bridgehead atoms. The Hall–Kier alpha value is -3.96. The Kier molecular flexibility index (Phi) is 13.1. The lowest BCUT2D eigenvalue weighted by atomic mass is 10.00. The van der Waals surface area contributed by atoms with Gasteiger partial charge in [0.05, 0.1) is 0 Å². The van der Waals surface area contributed by atoms with E-state index in [1.165, 1.54) is 39.9 Å². The molecule has 12 heteroatoms. The van der Waals surface area contributed by atoms with E-state index >= 15 is 0 Å². The Labute approximate surface area is 266 Å². The van der Waals surface area contributed by atoms with Crippen molar-refractivity contribution in [3.8, 4) is 0 Å². The number of likely N-dealkylation sites (N-methyl/N-ethyl adjacent to an activating group) is 3. The summed E-state index contributed by atoms with van der Waals surface area (Å²) in [5, 5.41) is 0. The number of hydrogen-bond donors (Lipinski definition) is 0. The van der Waals surface area contributed by atoms with Crippen molar-refractivity contribution in [3.63, 3.8) is 0 Å². The van der Waals surface area contributed by atoms with Gasteiger partial charge < -0.3 is 28.9 Å². The van der Waals surface area contributed by atoms with Crippen LogP contribution in [0.25, 0.3) is 0 Å². The number of cyclic esters (lactones) is 3. The lowest BCUT2D eigenvalue weighted by Crippen LogP contribution is -2.56. The van der Waals surface area contributed by atoms with Gasteiger partial charge in [-0.1, -0.05) is 71.9 Å². The maximum absolute atomic E-state index is 14.0. The van der Waals surface area contributed by atoms with Crippen LogP contribution in [0.2, 0.25) is 0 Å². The van der Waals surface area contributed by atoms with Gasteiger partial charge in [-0.2, -0.15) is 0 Å². The van der Waals surface area contributed by atoms with Crippen LogP contribution in [-0.2, 0) is 49.4 Å². The number of nitrogens with zero attached hydrogens (tertiary/aromatic N) is 3. The van der Waals surface area contributed by atoms with E-state index in [0.29, 0.717) is 5.56 Å². The molecular formula is C33H49N3O9. The fraction of sp³-hybridized carbons (Fsp3) is 0.636. The van der Waals surface area contributed by atoms with Crippen LogP contribution in [0.4, 0.5) is 0 Å². The number of esters is 3. The van der Waals surface area contributed by atoms with E-state index in [2.05, 4.69) is 0 Å². The molecule has 0 N–H and O–H groups in total. The summed E-state index contributed by atoms with van der Waals surface area (Å²) in [6, 6.07) is 5.56. The van der Waals surface area contributed by atoms with E-state index in [1.807, 2.05) is 6.07 Å². The molecule has 1 aliphatic heterocycles. The minimum atomic E-state index is -1.35. The Morgan fingerprint density at radius 3 is 1.24 bits per heavy atom. The van der Waals surface area contributed by atoms with Crippen molar-refractivity contribution in [2.24, 2.45) is 17.8 Å². The molecule has 0 radical (unpaired) electrons.